The summed E-state index contributed by atoms with van der Waals surface area (Å²) in [6.07, 6.45) is 0. The maximum atomic E-state index is 11.6. The minimum absolute atomic E-state index is 0.415. The van der Waals surface area contributed by atoms with Crippen molar-refractivity contribution in [3.05, 3.63) is 59.7 Å². The molecule has 2 rings (SSSR count). The molecule has 2 aromatic rings. The highest BCUT2D eigenvalue weighted by molar-refractivity contribution is 5.95. The SMILES string of the molecule is COC(=O)c1ccccc1NN=Nc1ccccc1C. The summed E-state index contributed by atoms with van der Waals surface area (Å²) >= 11 is 0. The van der Waals surface area contributed by atoms with Crippen molar-refractivity contribution in [3.63, 3.8) is 0 Å². The zero-order valence-corrected chi connectivity index (χ0v) is 11.3. The number of esters is 1. The molecule has 0 amide bonds. The van der Waals surface area contributed by atoms with Gasteiger partial charge < -0.3 is 4.74 Å². The summed E-state index contributed by atoms with van der Waals surface area (Å²) < 4.78 is 4.71. The number of rotatable bonds is 4. The first-order valence-corrected chi connectivity index (χ1v) is 6.12. The lowest BCUT2D eigenvalue weighted by molar-refractivity contribution is 0.0602. The number of nitrogens with one attached hydrogen (secondary N) is 1. The van der Waals surface area contributed by atoms with Crippen molar-refractivity contribution in [2.24, 2.45) is 10.3 Å². The van der Waals surface area contributed by atoms with E-state index in [4.69, 9.17) is 4.74 Å². The lowest BCUT2D eigenvalue weighted by Gasteiger charge is -2.05. The minimum Gasteiger partial charge on any atom is -0.465 e. The number of methoxy groups -OCH3 is 1. The van der Waals surface area contributed by atoms with E-state index >= 15 is 0 Å². The van der Waals surface area contributed by atoms with Gasteiger partial charge in [0.25, 0.3) is 0 Å². The van der Waals surface area contributed by atoms with Gasteiger partial charge in [0, 0.05) is 0 Å². The quantitative estimate of drug-likeness (QED) is 0.520. The van der Waals surface area contributed by atoms with Crippen LogP contribution in [0.5, 0.6) is 0 Å². The molecule has 0 bridgehead atoms. The van der Waals surface area contributed by atoms with E-state index in [0.29, 0.717) is 11.3 Å². The number of nitrogens with zero attached hydrogens (tertiary/aromatic N) is 2. The second-order valence-electron chi connectivity index (χ2n) is 4.14. The summed E-state index contributed by atoms with van der Waals surface area (Å²) in [6, 6.07) is 14.6. The highest BCUT2D eigenvalue weighted by Gasteiger charge is 2.10. The van der Waals surface area contributed by atoms with Gasteiger partial charge in [0.15, 0.2) is 0 Å². The van der Waals surface area contributed by atoms with E-state index in [1.165, 1.54) is 7.11 Å². The first-order valence-electron chi connectivity index (χ1n) is 6.12. The van der Waals surface area contributed by atoms with Crippen molar-refractivity contribution < 1.29 is 9.53 Å². The molecule has 20 heavy (non-hydrogen) atoms. The predicted molar refractivity (Wildman–Crippen MR) is 77.1 cm³/mol. The van der Waals surface area contributed by atoms with Gasteiger partial charge in [0.2, 0.25) is 0 Å². The number of hydrogen-bond acceptors (Lipinski definition) is 4. The van der Waals surface area contributed by atoms with Crippen LogP contribution in [0.15, 0.2) is 58.9 Å². The van der Waals surface area contributed by atoms with Gasteiger partial charge in [-0.1, -0.05) is 35.6 Å². The van der Waals surface area contributed by atoms with Crippen molar-refractivity contribution in [2.45, 2.75) is 6.92 Å². The molecule has 0 aliphatic rings. The molecule has 2 aromatic carbocycles. The maximum Gasteiger partial charge on any atom is 0.340 e. The molecule has 0 aromatic heterocycles. The zero-order chi connectivity index (χ0) is 14.4. The molecule has 0 aliphatic carbocycles. The number of carbonyl (C=O) groups is 1. The first-order chi connectivity index (χ1) is 9.72. The summed E-state index contributed by atoms with van der Waals surface area (Å²) in [4.78, 5) is 11.6. The summed E-state index contributed by atoms with van der Waals surface area (Å²) in [5, 5.41) is 8.01. The molecule has 0 saturated carbocycles. The van der Waals surface area contributed by atoms with Gasteiger partial charge in [-0.3, -0.25) is 5.43 Å². The Morgan fingerprint density at radius 3 is 2.55 bits per heavy atom. The van der Waals surface area contributed by atoms with E-state index in [0.717, 1.165) is 11.3 Å². The minimum atomic E-state index is -0.417. The largest absolute Gasteiger partial charge is 0.465 e. The van der Waals surface area contributed by atoms with E-state index in [1.807, 2.05) is 31.2 Å². The second-order valence-corrected chi connectivity index (χ2v) is 4.14. The van der Waals surface area contributed by atoms with Gasteiger partial charge in [-0.2, -0.15) is 0 Å². The average molecular weight is 269 g/mol. The Kier molecular flexibility index (Phi) is 4.44. The third-order valence-corrected chi connectivity index (χ3v) is 2.78. The standard InChI is InChI=1S/C15H15N3O2/c1-11-7-3-5-9-13(11)16-18-17-14-10-6-4-8-12(14)15(19)20-2/h3-10H,1-2H3,(H,16,17). The average Bonchev–Trinajstić information content (AvgIpc) is 2.49. The summed E-state index contributed by atoms with van der Waals surface area (Å²) in [7, 11) is 1.34. The number of ether oxygens (including phenoxy) is 1. The third-order valence-electron chi connectivity index (χ3n) is 2.78. The van der Waals surface area contributed by atoms with Gasteiger partial charge in [0.1, 0.15) is 0 Å². The number of benzene rings is 2. The number of para-hydroxylation sites is 1. The fraction of sp³-hybridized carbons (Fsp3) is 0.133. The maximum absolute atomic E-state index is 11.6. The normalized spacial score (nSPS) is 10.5. The van der Waals surface area contributed by atoms with Crippen LogP contribution < -0.4 is 5.43 Å². The molecule has 0 heterocycles. The Morgan fingerprint density at radius 2 is 1.80 bits per heavy atom. The molecule has 0 saturated heterocycles. The molecule has 0 spiro atoms. The van der Waals surface area contributed by atoms with Gasteiger partial charge in [-0.05, 0) is 30.7 Å². The second kappa shape index (κ2) is 6.47. The van der Waals surface area contributed by atoms with Crippen LogP contribution in [-0.2, 0) is 4.74 Å². The molecular weight excluding hydrogens is 254 g/mol. The number of carbonyl (C=O) groups excluding carboxylic acids is 1. The number of anilines is 1. The monoisotopic (exact) mass is 269 g/mol. The Hall–Kier alpha value is -2.69. The Balaban J connectivity index is 2.16. The van der Waals surface area contributed by atoms with Crippen LogP contribution in [0.1, 0.15) is 15.9 Å². The van der Waals surface area contributed by atoms with Crippen molar-refractivity contribution in [3.8, 4) is 0 Å². The van der Waals surface area contributed by atoms with Gasteiger partial charge in [0.05, 0.1) is 24.0 Å². The summed E-state index contributed by atoms with van der Waals surface area (Å²) in [5.74, 6) is -0.417. The van der Waals surface area contributed by atoms with Crippen LogP contribution >= 0.6 is 0 Å². The highest BCUT2D eigenvalue weighted by Crippen LogP contribution is 2.19. The Bertz CT molecular complexity index is 639. The summed E-state index contributed by atoms with van der Waals surface area (Å²) in [6.45, 7) is 1.96. The van der Waals surface area contributed by atoms with Crippen LogP contribution in [0.4, 0.5) is 11.4 Å². The number of aryl methyl sites for hydroxylation is 1. The fourth-order valence-electron chi connectivity index (χ4n) is 1.68. The Morgan fingerprint density at radius 1 is 1.10 bits per heavy atom. The van der Waals surface area contributed by atoms with Crippen LogP contribution in [0.2, 0.25) is 0 Å². The van der Waals surface area contributed by atoms with Crippen LogP contribution in [-0.4, -0.2) is 13.1 Å². The Labute approximate surface area is 117 Å². The van der Waals surface area contributed by atoms with Gasteiger partial charge in [-0.25, -0.2) is 4.79 Å². The topological polar surface area (TPSA) is 63.0 Å². The van der Waals surface area contributed by atoms with E-state index in [-0.39, 0.29) is 0 Å². The molecule has 0 unspecified atom stereocenters. The molecule has 102 valence electrons. The molecule has 5 nitrogen and oxygen atoms in total. The van der Waals surface area contributed by atoms with Gasteiger partial charge >= 0.3 is 5.97 Å². The van der Waals surface area contributed by atoms with Crippen molar-refractivity contribution in [1.29, 1.82) is 0 Å². The third kappa shape index (κ3) is 3.20. The van der Waals surface area contributed by atoms with Crippen LogP contribution in [0, 0.1) is 6.92 Å². The lowest BCUT2D eigenvalue weighted by Crippen LogP contribution is -2.04. The number of hydrogen-bond donors (Lipinski definition) is 1. The van der Waals surface area contributed by atoms with Gasteiger partial charge in [-0.15, -0.1) is 5.11 Å². The van der Waals surface area contributed by atoms with Crippen LogP contribution in [0.3, 0.4) is 0 Å². The summed E-state index contributed by atoms with van der Waals surface area (Å²) in [5.41, 5.74) is 5.53. The molecule has 0 fully saturated rings. The lowest BCUT2D eigenvalue weighted by atomic mass is 10.2. The smallest absolute Gasteiger partial charge is 0.340 e. The van der Waals surface area contributed by atoms with E-state index < -0.39 is 5.97 Å². The molecular formula is C15H15N3O2. The van der Waals surface area contributed by atoms with E-state index in [1.54, 1.807) is 24.3 Å². The molecule has 0 radical (unpaired) electrons. The zero-order valence-electron chi connectivity index (χ0n) is 11.3. The van der Waals surface area contributed by atoms with Crippen molar-refractivity contribution in [2.75, 3.05) is 12.5 Å². The van der Waals surface area contributed by atoms with Crippen molar-refractivity contribution >= 4 is 17.3 Å². The molecule has 0 aliphatic heterocycles. The highest BCUT2D eigenvalue weighted by atomic mass is 16.5. The molecule has 1 N–H and O–H groups in total. The predicted octanol–water partition coefficient (Wildman–Crippen LogP) is 3.89. The van der Waals surface area contributed by atoms with E-state index in [9.17, 15) is 4.79 Å². The van der Waals surface area contributed by atoms with E-state index in [2.05, 4.69) is 15.8 Å². The molecule has 5 heteroatoms. The fourth-order valence-corrected chi connectivity index (χ4v) is 1.68. The van der Waals surface area contributed by atoms with Crippen molar-refractivity contribution in [1.82, 2.24) is 0 Å². The first kappa shape index (κ1) is 13.7. The molecule has 0 atom stereocenters. The van der Waals surface area contributed by atoms with Crippen LogP contribution in [0.25, 0.3) is 0 Å².